The minimum Gasteiger partial charge on any atom is -0.378 e. The molecule has 2 aliphatic rings. The third-order valence-electron chi connectivity index (χ3n) is 5.33. The summed E-state index contributed by atoms with van der Waals surface area (Å²) in [5, 5.41) is 9.70. The number of anilines is 3. The number of hydrogen-bond donors (Lipinski definition) is 0. The van der Waals surface area contributed by atoms with Crippen molar-refractivity contribution in [2.75, 3.05) is 67.2 Å². The van der Waals surface area contributed by atoms with E-state index in [-0.39, 0.29) is 0 Å². The van der Waals surface area contributed by atoms with Crippen molar-refractivity contribution in [3.05, 3.63) is 47.5 Å². The topological polar surface area (TPSA) is 55.6 Å². The van der Waals surface area contributed by atoms with Crippen molar-refractivity contribution in [1.29, 1.82) is 5.26 Å². The zero-order chi connectivity index (χ0) is 18.6. The van der Waals surface area contributed by atoms with Crippen LogP contribution in [0.3, 0.4) is 0 Å². The molecule has 2 saturated heterocycles. The number of ether oxygens (including phenoxy) is 1. The van der Waals surface area contributed by atoms with E-state index in [2.05, 4.69) is 45.0 Å². The molecule has 0 amide bonds. The number of nitrogens with zero attached hydrogens (tertiary/aromatic N) is 5. The van der Waals surface area contributed by atoms with E-state index in [9.17, 15) is 5.26 Å². The van der Waals surface area contributed by atoms with Crippen molar-refractivity contribution in [2.45, 2.75) is 6.92 Å². The number of pyridine rings is 1. The van der Waals surface area contributed by atoms with Crippen LogP contribution in [-0.4, -0.2) is 57.5 Å². The van der Waals surface area contributed by atoms with E-state index in [0.29, 0.717) is 5.56 Å². The molecule has 2 fully saturated rings. The van der Waals surface area contributed by atoms with Crippen LogP contribution in [0.5, 0.6) is 0 Å². The Balaban J connectivity index is 1.56. The molecule has 0 atom stereocenters. The van der Waals surface area contributed by atoms with E-state index in [1.807, 2.05) is 19.1 Å². The van der Waals surface area contributed by atoms with E-state index in [4.69, 9.17) is 9.72 Å². The molecule has 140 valence electrons. The van der Waals surface area contributed by atoms with Crippen LogP contribution in [0.2, 0.25) is 0 Å². The Bertz CT molecular complexity index is 818. The summed E-state index contributed by atoms with van der Waals surface area (Å²) in [7, 11) is 0. The zero-order valence-corrected chi connectivity index (χ0v) is 15.8. The quantitative estimate of drug-likeness (QED) is 0.835. The van der Waals surface area contributed by atoms with Gasteiger partial charge in [-0.15, -0.1) is 0 Å². The molecule has 0 bridgehead atoms. The molecule has 0 saturated carbocycles. The Morgan fingerprint density at radius 1 is 0.926 bits per heavy atom. The first-order valence-electron chi connectivity index (χ1n) is 9.55. The van der Waals surface area contributed by atoms with Gasteiger partial charge in [0, 0.05) is 45.0 Å². The Morgan fingerprint density at radius 2 is 1.59 bits per heavy atom. The van der Waals surface area contributed by atoms with E-state index >= 15 is 0 Å². The highest BCUT2D eigenvalue weighted by Crippen LogP contribution is 2.28. The fraction of sp³-hybridized carbons (Fsp3) is 0.429. The number of para-hydroxylation sites is 1. The number of nitriles is 1. The lowest BCUT2D eigenvalue weighted by Crippen LogP contribution is -2.47. The molecule has 1 aromatic carbocycles. The first-order valence-corrected chi connectivity index (χ1v) is 9.55. The summed E-state index contributed by atoms with van der Waals surface area (Å²) in [4.78, 5) is 11.8. The predicted octanol–water partition coefficient (Wildman–Crippen LogP) is 2.42. The molecule has 2 aromatic rings. The van der Waals surface area contributed by atoms with Gasteiger partial charge in [-0.3, -0.25) is 0 Å². The number of rotatable bonds is 3. The summed E-state index contributed by atoms with van der Waals surface area (Å²) in [5.74, 6) is 1.78. The second-order valence-corrected chi connectivity index (χ2v) is 7.02. The SMILES string of the molecule is Cc1cc(N2CCOCC2)nc(N2CCN(c3ccccc3)CC2)c1C#N. The van der Waals surface area contributed by atoms with Crippen LogP contribution in [0.1, 0.15) is 11.1 Å². The molecule has 4 rings (SSSR count). The summed E-state index contributed by atoms with van der Waals surface area (Å²) < 4.78 is 5.46. The van der Waals surface area contributed by atoms with Gasteiger partial charge >= 0.3 is 0 Å². The molecule has 0 radical (unpaired) electrons. The normalized spacial score (nSPS) is 17.7. The lowest BCUT2D eigenvalue weighted by molar-refractivity contribution is 0.122. The second-order valence-electron chi connectivity index (χ2n) is 7.02. The van der Waals surface area contributed by atoms with E-state index in [0.717, 1.165) is 69.7 Å². The number of morpholine rings is 1. The summed E-state index contributed by atoms with van der Waals surface area (Å²) in [6, 6.07) is 14.9. The number of aromatic nitrogens is 1. The van der Waals surface area contributed by atoms with Crippen molar-refractivity contribution < 1.29 is 4.74 Å². The number of aryl methyl sites for hydroxylation is 1. The van der Waals surface area contributed by atoms with Gasteiger partial charge in [0.2, 0.25) is 0 Å². The standard InChI is InChI=1S/C21H25N5O/c1-17-15-20(25-11-13-27-14-12-25)23-21(19(17)16-22)26-9-7-24(8-10-26)18-5-3-2-4-6-18/h2-6,15H,7-14H2,1H3. The van der Waals surface area contributed by atoms with Gasteiger partial charge in [0.1, 0.15) is 17.7 Å². The Labute approximate surface area is 160 Å². The molecule has 6 heteroatoms. The van der Waals surface area contributed by atoms with Gasteiger partial charge in [-0.1, -0.05) is 18.2 Å². The highest BCUT2D eigenvalue weighted by molar-refractivity contribution is 5.63. The average molecular weight is 363 g/mol. The van der Waals surface area contributed by atoms with Crippen molar-refractivity contribution >= 4 is 17.3 Å². The highest BCUT2D eigenvalue weighted by Gasteiger charge is 2.24. The smallest absolute Gasteiger partial charge is 0.149 e. The maximum atomic E-state index is 9.70. The van der Waals surface area contributed by atoms with Gasteiger partial charge < -0.3 is 19.4 Å². The summed E-state index contributed by atoms with van der Waals surface area (Å²) in [6.07, 6.45) is 0. The monoisotopic (exact) mass is 363 g/mol. The number of benzene rings is 1. The van der Waals surface area contributed by atoms with Gasteiger partial charge in [-0.2, -0.15) is 5.26 Å². The van der Waals surface area contributed by atoms with Gasteiger partial charge in [0.15, 0.2) is 0 Å². The first-order chi connectivity index (χ1) is 13.3. The Morgan fingerprint density at radius 3 is 2.26 bits per heavy atom. The largest absolute Gasteiger partial charge is 0.378 e. The molecule has 3 heterocycles. The van der Waals surface area contributed by atoms with Gasteiger partial charge in [0.25, 0.3) is 0 Å². The fourth-order valence-electron chi connectivity index (χ4n) is 3.78. The molecule has 0 aliphatic carbocycles. The molecule has 1 aromatic heterocycles. The lowest BCUT2D eigenvalue weighted by Gasteiger charge is -2.37. The molecule has 0 N–H and O–H groups in total. The van der Waals surface area contributed by atoms with Crippen LogP contribution < -0.4 is 14.7 Å². The van der Waals surface area contributed by atoms with Gasteiger partial charge in [0.05, 0.1) is 18.8 Å². The lowest BCUT2D eigenvalue weighted by atomic mass is 10.1. The van der Waals surface area contributed by atoms with Crippen molar-refractivity contribution in [1.82, 2.24) is 4.98 Å². The summed E-state index contributed by atoms with van der Waals surface area (Å²) in [5.41, 5.74) is 2.94. The second kappa shape index (κ2) is 7.85. The maximum absolute atomic E-state index is 9.70. The molecule has 0 unspecified atom stereocenters. The molecule has 2 aliphatic heterocycles. The molecule has 27 heavy (non-hydrogen) atoms. The van der Waals surface area contributed by atoms with Crippen LogP contribution >= 0.6 is 0 Å². The maximum Gasteiger partial charge on any atom is 0.149 e. The fourth-order valence-corrected chi connectivity index (χ4v) is 3.78. The molecular weight excluding hydrogens is 338 g/mol. The first kappa shape index (κ1) is 17.6. The third kappa shape index (κ3) is 3.69. The third-order valence-corrected chi connectivity index (χ3v) is 5.33. The zero-order valence-electron chi connectivity index (χ0n) is 15.8. The van der Waals surface area contributed by atoms with Crippen LogP contribution in [0.4, 0.5) is 17.3 Å². The van der Waals surface area contributed by atoms with Crippen LogP contribution in [0.25, 0.3) is 0 Å². The minimum atomic E-state index is 0.695. The van der Waals surface area contributed by atoms with Gasteiger partial charge in [-0.25, -0.2) is 4.98 Å². The average Bonchev–Trinajstić information content (AvgIpc) is 2.74. The van der Waals surface area contributed by atoms with Crippen molar-refractivity contribution in [3.8, 4) is 6.07 Å². The Hall–Kier alpha value is -2.78. The van der Waals surface area contributed by atoms with Crippen molar-refractivity contribution in [2.24, 2.45) is 0 Å². The summed E-state index contributed by atoms with van der Waals surface area (Å²) >= 11 is 0. The van der Waals surface area contributed by atoms with Crippen molar-refractivity contribution in [3.63, 3.8) is 0 Å². The highest BCUT2D eigenvalue weighted by atomic mass is 16.5. The number of hydrogen-bond acceptors (Lipinski definition) is 6. The molecule has 6 nitrogen and oxygen atoms in total. The van der Waals surface area contributed by atoms with Crippen LogP contribution in [0, 0.1) is 18.3 Å². The van der Waals surface area contributed by atoms with E-state index < -0.39 is 0 Å². The molecular formula is C21H25N5O. The van der Waals surface area contributed by atoms with Crippen LogP contribution in [-0.2, 0) is 4.74 Å². The Kier molecular flexibility index (Phi) is 5.12. The van der Waals surface area contributed by atoms with E-state index in [1.165, 1.54) is 5.69 Å². The van der Waals surface area contributed by atoms with E-state index in [1.54, 1.807) is 0 Å². The number of piperazine rings is 1. The molecule has 0 spiro atoms. The summed E-state index contributed by atoms with van der Waals surface area (Å²) in [6.45, 7) is 8.74. The van der Waals surface area contributed by atoms with Crippen LogP contribution in [0.15, 0.2) is 36.4 Å². The predicted molar refractivity (Wildman–Crippen MR) is 108 cm³/mol. The minimum absolute atomic E-state index is 0.695. The van der Waals surface area contributed by atoms with Gasteiger partial charge in [-0.05, 0) is 30.7 Å².